The minimum absolute atomic E-state index is 0.254. The smallest absolute Gasteiger partial charge is 0.250 e. The van der Waals surface area contributed by atoms with E-state index in [9.17, 15) is 0 Å². The molecule has 0 unspecified atom stereocenters. The van der Waals surface area contributed by atoms with Gasteiger partial charge in [-0.3, -0.25) is 0 Å². The molecule has 1 aromatic carbocycles. The van der Waals surface area contributed by atoms with Gasteiger partial charge in [-0.15, -0.1) is 0 Å². The molecular formula is C20H36OSi. The minimum atomic E-state index is -1.71. The van der Waals surface area contributed by atoms with Gasteiger partial charge in [-0.1, -0.05) is 71.9 Å². The highest BCUT2D eigenvalue weighted by molar-refractivity contribution is 6.74. The zero-order valence-corrected chi connectivity index (χ0v) is 16.7. The summed E-state index contributed by atoms with van der Waals surface area (Å²) in [4.78, 5) is 0. The van der Waals surface area contributed by atoms with Crippen LogP contribution in [0.1, 0.15) is 71.8 Å². The lowest BCUT2D eigenvalue weighted by Crippen LogP contribution is -2.43. The number of hydrogen-bond acceptors (Lipinski definition) is 1. The van der Waals surface area contributed by atoms with E-state index in [4.69, 9.17) is 4.43 Å². The van der Waals surface area contributed by atoms with E-state index >= 15 is 0 Å². The Balaban J connectivity index is 2.40. The molecule has 0 radical (unpaired) electrons. The second kappa shape index (κ2) is 8.76. The Kier molecular flexibility index (Phi) is 7.68. The van der Waals surface area contributed by atoms with Crippen molar-refractivity contribution in [2.45, 2.75) is 90.8 Å². The first-order valence-electron chi connectivity index (χ1n) is 9.04. The topological polar surface area (TPSA) is 9.23 Å². The van der Waals surface area contributed by atoms with Crippen molar-refractivity contribution in [3.63, 3.8) is 0 Å². The largest absolute Gasteiger partial charge is 0.544 e. The lowest BCUT2D eigenvalue weighted by Gasteiger charge is -2.36. The summed E-state index contributed by atoms with van der Waals surface area (Å²) < 4.78 is 6.33. The quantitative estimate of drug-likeness (QED) is 0.352. The monoisotopic (exact) mass is 320 g/mol. The third kappa shape index (κ3) is 6.56. The fourth-order valence-corrected chi connectivity index (χ4v) is 3.31. The van der Waals surface area contributed by atoms with E-state index in [0.717, 1.165) is 5.75 Å². The van der Waals surface area contributed by atoms with Gasteiger partial charge in [0.05, 0.1) is 0 Å². The van der Waals surface area contributed by atoms with Gasteiger partial charge in [-0.2, -0.15) is 0 Å². The summed E-state index contributed by atoms with van der Waals surface area (Å²) >= 11 is 0. The average Bonchev–Trinajstić information content (AvgIpc) is 2.43. The Morgan fingerprint density at radius 3 is 1.95 bits per heavy atom. The fourth-order valence-electron chi connectivity index (χ4n) is 2.28. The van der Waals surface area contributed by atoms with E-state index in [1.54, 1.807) is 0 Å². The van der Waals surface area contributed by atoms with Crippen molar-refractivity contribution in [3.8, 4) is 5.75 Å². The summed E-state index contributed by atoms with van der Waals surface area (Å²) in [5.41, 5.74) is 1.44. The van der Waals surface area contributed by atoms with Crippen molar-refractivity contribution in [3.05, 3.63) is 29.8 Å². The van der Waals surface area contributed by atoms with E-state index in [-0.39, 0.29) is 5.04 Å². The highest BCUT2D eigenvalue weighted by Crippen LogP contribution is 2.37. The predicted octanol–water partition coefficient (Wildman–Crippen LogP) is 6.97. The molecule has 0 atom stereocenters. The standard InChI is InChI=1S/C20H36OSi/c1-7-8-9-10-11-12-13-18-14-16-19(17-15-18)21-22(5,6)20(2,3)4/h14-17H,7-13H2,1-6H3. The lowest BCUT2D eigenvalue weighted by molar-refractivity contribution is 0.492. The molecule has 1 rings (SSSR count). The number of hydrogen-bond donors (Lipinski definition) is 0. The van der Waals surface area contributed by atoms with Crippen LogP contribution in [0.3, 0.4) is 0 Å². The first-order valence-corrected chi connectivity index (χ1v) is 11.9. The molecule has 0 N–H and O–H groups in total. The van der Waals surface area contributed by atoms with E-state index in [1.807, 2.05) is 0 Å². The molecule has 0 aliphatic heterocycles. The molecule has 126 valence electrons. The van der Waals surface area contributed by atoms with Crippen LogP contribution in [0.5, 0.6) is 5.75 Å². The highest BCUT2D eigenvalue weighted by atomic mass is 28.4. The lowest BCUT2D eigenvalue weighted by atomic mass is 10.1. The SMILES string of the molecule is CCCCCCCCc1ccc(O[Si](C)(C)C(C)(C)C)cc1. The number of rotatable bonds is 9. The molecule has 2 heteroatoms. The van der Waals surface area contributed by atoms with Gasteiger partial charge in [0.25, 0.3) is 0 Å². The van der Waals surface area contributed by atoms with Crippen LogP contribution in [0.15, 0.2) is 24.3 Å². The zero-order valence-electron chi connectivity index (χ0n) is 15.7. The van der Waals surface area contributed by atoms with Gasteiger partial charge in [0, 0.05) is 0 Å². The van der Waals surface area contributed by atoms with Crippen LogP contribution in [0.25, 0.3) is 0 Å². The van der Waals surface area contributed by atoms with Gasteiger partial charge >= 0.3 is 0 Å². The molecule has 0 heterocycles. The molecule has 0 aliphatic carbocycles. The third-order valence-corrected chi connectivity index (χ3v) is 9.28. The molecule has 0 aliphatic rings. The predicted molar refractivity (Wildman–Crippen MR) is 101 cm³/mol. The molecule has 0 saturated heterocycles. The number of unbranched alkanes of at least 4 members (excludes halogenated alkanes) is 5. The van der Waals surface area contributed by atoms with Gasteiger partial charge < -0.3 is 4.43 Å². The van der Waals surface area contributed by atoms with Crippen LogP contribution in [-0.2, 0) is 6.42 Å². The maximum Gasteiger partial charge on any atom is 0.250 e. The van der Waals surface area contributed by atoms with Gasteiger partial charge in [0.1, 0.15) is 5.75 Å². The van der Waals surface area contributed by atoms with Crippen molar-refractivity contribution in [2.24, 2.45) is 0 Å². The second-order valence-electron chi connectivity index (χ2n) is 8.02. The van der Waals surface area contributed by atoms with Crippen LogP contribution < -0.4 is 4.43 Å². The summed E-state index contributed by atoms with van der Waals surface area (Å²) in [6, 6.07) is 8.81. The Labute approximate surface area is 139 Å². The van der Waals surface area contributed by atoms with Crippen molar-refractivity contribution >= 4 is 8.32 Å². The third-order valence-electron chi connectivity index (χ3n) is 4.92. The minimum Gasteiger partial charge on any atom is -0.544 e. The Hall–Kier alpha value is -0.763. The maximum absolute atomic E-state index is 6.33. The summed E-state index contributed by atoms with van der Waals surface area (Å²) in [7, 11) is -1.71. The Morgan fingerprint density at radius 1 is 0.864 bits per heavy atom. The summed E-state index contributed by atoms with van der Waals surface area (Å²) in [6.07, 6.45) is 9.38. The molecular weight excluding hydrogens is 284 g/mol. The molecule has 1 nitrogen and oxygen atoms in total. The van der Waals surface area contributed by atoms with E-state index in [2.05, 4.69) is 65.1 Å². The molecule has 0 spiro atoms. The van der Waals surface area contributed by atoms with Crippen molar-refractivity contribution in [2.75, 3.05) is 0 Å². The van der Waals surface area contributed by atoms with Crippen LogP contribution in [-0.4, -0.2) is 8.32 Å². The average molecular weight is 321 g/mol. The molecule has 0 fully saturated rings. The van der Waals surface area contributed by atoms with Gasteiger partial charge in [-0.05, 0) is 48.7 Å². The molecule has 1 aromatic rings. The van der Waals surface area contributed by atoms with Crippen molar-refractivity contribution in [1.29, 1.82) is 0 Å². The van der Waals surface area contributed by atoms with Crippen LogP contribution in [0, 0.1) is 0 Å². The van der Waals surface area contributed by atoms with Gasteiger partial charge in [-0.25, -0.2) is 0 Å². The first kappa shape index (κ1) is 19.3. The van der Waals surface area contributed by atoms with Gasteiger partial charge in [0.2, 0.25) is 8.32 Å². The maximum atomic E-state index is 6.33. The summed E-state index contributed by atoms with van der Waals surface area (Å²) in [5, 5.41) is 0.254. The number of aryl methyl sites for hydroxylation is 1. The van der Waals surface area contributed by atoms with Crippen LogP contribution >= 0.6 is 0 Å². The van der Waals surface area contributed by atoms with Crippen LogP contribution in [0.4, 0.5) is 0 Å². The summed E-state index contributed by atoms with van der Waals surface area (Å²) in [5.74, 6) is 1.04. The number of benzene rings is 1. The van der Waals surface area contributed by atoms with Crippen molar-refractivity contribution in [1.82, 2.24) is 0 Å². The molecule has 22 heavy (non-hydrogen) atoms. The fraction of sp³-hybridized carbons (Fsp3) is 0.700. The van der Waals surface area contributed by atoms with Crippen LogP contribution in [0.2, 0.25) is 18.1 Å². The van der Waals surface area contributed by atoms with Crippen molar-refractivity contribution < 1.29 is 4.43 Å². The molecule has 0 bridgehead atoms. The normalized spacial score (nSPS) is 12.5. The van der Waals surface area contributed by atoms with Gasteiger partial charge in [0.15, 0.2) is 0 Å². The Bertz CT molecular complexity index is 414. The van der Waals surface area contributed by atoms with E-state index < -0.39 is 8.32 Å². The highest BCUT2D eigenvalue weighted by Gasteiger charge is 2.38. The zero-order chi connectivity index (χ0) is 16.6. The summed E-state index contributed by atoms with van der Waals surface area (Å²) in [6.45, 7) is 13.7. The second-order valence-corrected chi connectivity index (χ2v) is 12.7. The van der Waals surface area contributed by atoms with E-state index in [1.165, 1.54) is 50.5 Å². The molecule has 0 aromatic heterocycles. The Morgan fingerprint density at radius 2 is 1.41 bits per heavy atom. The first-order chi connectivity index (χ1) is 10.3. The van der Waals surface area contributed by atoms with E-state index in [0.29, 0.717) is 0 Å². The molecule has 0 saturated carbocycles. The molecule has 0 amide bonds.